The number of nitrogen functional groups attached to an aromatic ring is 1. The second kappa shape index (κ2) is 6.92. The van der Waals surface area contributed by atoms with E-state index in [1.54, 1.807) is 18.2 Å². The maximum absolute atomic E-state index is 11.6. The van der Waals surface area contributed by atoms with Gasteiger partial charge in [0.15, 0.2) is 0 Å². The Morgan fingerprint density at radius 2 is 2.11 bits per heavy atom. The van der Waals surface area contributed by atoms with Gasteiger partial charge in [-0.2, -0.15) is 4.98 Å². The fraction of sp³-hybridized carbons (Fsp3) is 0.294. The van der Waals surface area contributed by atoms with Gasteiger partial charge in [0.1, 0.15) is 22.5 Å². The van der Waals surface area contributed by atoms with Crippen molar-refractivity contribution < 1.29 is 19.7 Å². The molecular weight excluding hydrogens is 374 g/mol. The summed E-state index contributed by atoms with van der Waals surface area (Å²) in [6.45, 7) is 3.87. The molecule has 27 heavy (non-hydrogen) atoms. The Balaban J connectivity index is 2.12. The molecule has 0 saturated carbocycles. The summed E-state index contributed by atoms with van der Waals surface area (Å²) < 4.78 is 5.42. The lowest BCUT2D eigenvalue weighted by Crippen LogP contribution is -2.34. The van der Waals surface area contributed by atoms with Crippen LogP contribution in [-0.2, 0) is 11.3 Å². The van der Waals surface area contributed by atoms with Gasteiger partial charge in [0, 0.05) is 17.3 Å². The summed E-state index contributed by atoms with van der Waals surface area (Å²) in [6, 6.07) is 0. The number of aliphatic hydroxyl groups excluding tert-OH is 1. The van der Waals surface area contributed by atoms with Gasteiger partial charge in [-0.15, -0.1) is 0 Å². The summed E-state index contributed by atoms with van der Waals surface area (Å²) in [5.41, 5.74) is 7.89. The number of halogens is 1. The molecule has 0 aliphatic carbocycles. The van der Waals surface area contributed by atoms with Gasteiger partial charge >= 0.3 is 5.97 Å². The average molecular weight is 392 g/mol. The molecule has 0 amide bonds. The number of fused-ring (bicyclic) bond motifs is 1. The van der Waals surface area contributed by atoms with Crippen LogP contribution >= 0.6 is 11.6 Å². The number of aromatic nitrogens is 3. The highest BCUT2D eigenvalue weighted by Gasteiger charge is 2.32. The van der Waals surface area contributed by atoms with Crippen LogP contribution in [0.15, 0.2) is 11.8 Å². The summed E-state index contributed by atoms with van der Waals surface area (Å²) in [5.74, 6) is -0.862. The first kappa shape index (κ1) is 18.7. The lowest BCUT2D eigenvalue weighted by molar-refractivity contribution is -0.132. The van der Waals surface area contributed by atoms with Crippen molar-refractivity contribution in [3.8, 4) is 5.75 Å². The zero-order valence-corrected chi connectivity index (χ0v) is 15.7. The molecule has 0 aromatic carbocycles. The number of nitrogens with two attached hydrogens (primary N) is 1. The van der Waals surface area contributed by atoms with E-state index in [4.69, 9.17) is 22.1 Å². The Kier molecular flexibility index (Phi) is 4.79. The van der Waals surface area contributed by atoms with E-state index in [1.807, 2.05) is 13.8 Å². The van der Waals surface area contributed by atoms with Crippen molar-refractivity contribution in [3.63, 3.8) is 0 Å². The second-order valence-electron chi connectivity index (χ2n) is 6.11. The molecule has 4 N–H and O–H groups in total. The third-order valence-electron chi connectivity index (χ3n) is 4.38. The van der Waals surface area contributed by atoms with Crippen LogP contribution in [0.25, 0.3) is 5.76 Å². The number of hydrogen-bond donors (Lipinski definition) is 3. The van der Waals surface area contributed by atoms with Crippen molar-refractivity contribution in [2.75, 3.05) is 24.3 Å². The highest BCUT2D eigenvalue weighted by Crippen LogP contribution is 2.37. The number of aliphatic hydroxyl groups is 1. The smallest absolute Gasteiger partial charge is 0.337 e. The maximum atomic E-state index is 11.6. The van der Waals surface area contributed by atoms with Gasteiger partial charge in [0.25, 0.3) is 0 Å². The summed E-state index contributed by atoms with van der Waals surface area (Å²) in [7, 11) is 1.58. The van der Waals surface area contributed by atoms with Gasteiger partial charge in [-0.05, 0) is 13.8 Å². The Labute approximate surface area is 160 Å². The Morgan fingerprint density at radius 3 is 2.74 bits per heavy atom. The zero-order chi connectivity index (χ0) is 19.9. The van der Waals surface area contributed by atoms with Crippen LogP contribution in [0.5, 0.6) is 5.75 Å². The second-order valence-corrected chi connectivity index (χ2v) is 6.46. The summed E-state index contributed by atoms with van der Waals surface area (Å²) in [6.07, 6.45) is 1.68. The normalized spacial score (nSPS) is 13.6. The third-order valence-corrected chi connectivity index (χ3v) is 4.66. The Morgan fingerprint density at radius 1 is 1.41 bits per heavy atom. The maximum Gasteiger partial charge on any atom is 0.337 e. The molecule has 2 aromatic heterocycles. The number of anilines is 2. The van der Waals surface area contributed by atoms with Gasteiger partial charge in [-0.25, -0.2) is 9.78 Å². The molecule has 0 spiro atoms. The van der Waals surface area contributed by atoms with Gasteiger partial charge in [0.2, 0.25) is 5.95 Å². The monoisotopic (exact) mass is 391 g/mol. The SMILES string of the molecule is COc1c(C)cnc(CN2CC(C(=O)O)=C(O)c3c(Cl)nc(N)nc32)c1C. The van der Waals surface area contributed by atoms with Crippen LogP contribution in [0.4, 0.5) is 11.8 Å². The molecule has 2 aromatic rings. The van der Waals surface area contributed by atoms with E-state index in [2.05, 4.69) is 15.0 Å². The molecular formula is C17H18ClN5O4. The van der Waals surface area contributed by atoms with E-state index in [0.717, 1.165) is 11.1 Å². The fourth-order valence-electron chi connectivity index (χ4n) is 3.07. The number of nitrogens with zero attached hydrogens (tertiary/aromatic N) is 4. The molecule has 0 fully saturated rings. The predicted octanol–water partition coefficient (Wildman–Crippen LogP) is 2.11. The van der Waals surface area contributed by atoms with E-state index in [-0.39, 0.29) is 41.1 Å². The van der Waals surface area contributed by atoms with E-state index in [1.165, 1.54) is 0 Å². The lowest BCUT2D eigenvalue weighted by atomic mass is 10.0. The van der Waals surface area contributed by atoms with E-state index in [9.17, 15) is 15.0 Å². The largest absolute Gasteiger partial charge is 0.506 e. The highest BCUT2D eigenvalue weighted by molar-refractivity contribution is 6.32. The number of rotatable bonds is 4. The number of methoxy groups -OCH3 is 1. The molecule has 0 saturated heterocycles. The summed E-state index contributed by atoms with van der Waals surface area (Å²) in [5, 5.41) is 19.7. The molecule has 1 aliphatic rings. The van der Waals surface area contributed by atoms with E-state index in [0.29, 0.717) is 11.4 Å². The van der Waals surface area contributed by atoms with Gasteiger partial charge < -0.3 is 25.6 Å². The first-order chi connectivity index (χ1) is 12.7. The first-order valence-corrected chi connectivity index (χ1v) is 8.35. The molecule has 0 unspecified atom stereocenters. The van der Waals surface area contributed by atoms with E-state index < -0.39 is 11.7 Å². The average Bonchev–Trinajstić information content (AvgIpc) is 2.59. The topological polar surface area (TPSA) is 135 Å². The van der Waals surface area contributed by atoms with Crippen molar-refractivity contribution >= 4 is 35.1 Å². The van der Waals surface area contributed by atoms with Crippen LogP contribution in [0, 0.1) is 13.8 Å². The summed E-state index contributed by atoms with van der Waals surface area (Å²) >= 11 is 6.10. The van der Waals surface area contributed by atoms with Crippen LogP contribution in [0.1, 0.15) is 22.4 Å². The number of carboxylic acids is 1. The van der Waals surface area contributed by atoms with Crippen molar-refractivity contribution in [1.82, 2.24) is 15.0 Å². The minimum absolute atomic E-state index is 0.0336. The molecule has 1 aliphatic heterocycles. The molecule has 0 bridgehead atoms. The number of ether oxygens (including phenoxy) is 1. The van der Waals surface area contributed by atoms with Crippen LogP contribution in [-0.4, -0.2) is 44.8 Å². The zero-order valence-electron chi connectivity index (χ0n) is 14.9. The molecule has 10 heteroatoms. The molecule has 3 heterocycles. The molecule has 3 rings (SSSR count). The minimum Gasteiger partial charge on any atom is -0.506 e. The minimum atomic E-state index is -1.26. The van der Waals surface area contributed by atoms with Gasteiger partial charge in [-0.3, -0.25) is 4.98 Å². The lowest BCUT2D eigenvalue weighted by Gasteiger charge is -2.30. The summed E-state index contributed by atoms with van der Waals surface area (Å²) in [4.78, 5) is 25.6. The van der Waals surface area contributed by atoms with Crippen LogP contribution in [0.2, 0.25) is 5.15 Å². The third kappa shape index (κ3) is 3.21. The van der Waals surface area contributed by atoms with Gasteiger partial charge in [-0.1, -0.05) is 11.6 Å². The molecule has 0 atom stereocenters. The van der Waals surface area contributed by atoms with Crippen LogP contribution in [0.3, 0.4) is 0 Å². The standard InChI is InChI=1S/C17H18ClN5O4/c1-7-4-20-10(8(2)13(7)27-3)6-23-5-9(16(25)26)12(24)11-14(18)21-17(19)22-15(11)23/h4,24H,5-6H2,1-3H3,(H,25,26)(H2,19,21,22). The number of carboxylic acid groups (broad SMARTS) is 1. The Hall–Kier alpha value is -3.07. The van der Waals surface area contributed by atoms with E-state index >= 15 is 0 Å². The Bertz CT molecular complexity index is 976. The predicted molar refractivity (Wildman–Crippen MR) is 100.0 cm³/mol. The van der Waals surface area contributed by atoms with Crippen LogP contribution < -0.4 is 15.4 Å². The molecule has 9 nitrogen and oxygen atoms in total. The number of hydrogen-bond acceptors (Lipinski definition) is 8. The molecule has 142 valence electrons. The number of pyridine rings is 1. The van der Waals surface area contributed by atoms with Gasteiger partial charge in [0.05, 0.1) is 37.0 Å². The van der Waals surface area contributed by atoms with Crippen molar-refractivity contribution in [2.45, 2.75) is 20.4 Å². The highest BCUT2D eigenvalue weighted by atomic mass is 35.5. The van der Waals surface area contributed by atoms with Crippen molar-refractivity contribution in [3.05, 3.63) is 39.3 Å². The number of aryl methyl sites for hydroxylation is 1. The van der Waals surface area contributed by atoms with Crippen molar-refractivity contribution in [1.29, 1.82) is 0 Å². The number of carbonyl (C=O) groups is 1. The molecule has 0 radical (unpaired) electrons. The first-order valence-electron chi connectivity index (χ1n) is 7.97. The fourth-order valence-corrected chi connectivity index (χ4v) is 3.33. The number of aliphatic carboxylic acids is 1. The van der Waals surface area contributed by atoms with Crippen molar-refractivity contribution in [2.24, 2.45) is 0 Å². The quantitative estimate of drug-likeness (QED) is 0.669.